The molecule has 2 aromatic carbocycles. The Balaban J connectivity index is 1.63. The van der Waals surface area contributed by atoms with Gasteiger partial charge in [-0.3, -0.25) is 4.79 Å². The number of ether oxygens (including phenoxy) is 1. The first-order valence-electron chi connectivity index (χ1n) is 8.37. The van der Waals surface area contributed by atoms with Crippen LogP contribution in [0.1, 0.15) is 24.0 Å². The largest absolute Gasteiger partial charge is 0.497 e. The number of nitrogens with one attached hydrogen (secondary N) is 1. The minimum Gasteiger partial charge on any atom is -0.497 e. The molecule has 0 atom stereocenters. The molecule has 1 aliphatic carbocycles. The summed E-state index contributed by atoms with van der Waals surface area (Å²) < 4.78 is 30.1. The number of hydrogen-bond donors (Lipinski definition) is 1. The summed E-state index contributed by atoms with van der Waals surface area (Å²) in [6.45, 7) is 0. The molecular formula is C19H20ClNO4S. The van der Waals surface area contributed by atoms with Crippen molar-refractivity contribution < 1.29 is 17.9 Å². The second-order valence-electron chi connectivity index (χ2n) is 6.25. The molecular weight excluding hydrogens is 374 g/mol. The standard InChI is InChI=1S/C19H20ClNO4S/c1-25-15-6-8-18(17(20)12-15)21-19(22)9-10-26(23,24)16-7-5-13-3-2-4-14(13)11-16/h5-8,11-12H,2-4,9-10H2,1H3,(H,21,22). The highest BCUT2D eigenvalue weighted by atomic mass is 35.5. The zero-order chi connectivity index (χ0) is 18.7. The first kappa shape index (κ1) is 18.7. The minimum absolute atomic E-state index is 0.137. The van der Waals surface area contributed by atoms with Gasteiger partial charge in [0, 0.05) is 12.5 Å². The third kappa shape index (κ3) is 4.19. The Bertz CT molecular complexity index is 941. The van der Waals surface area contributed by atoms with E-state index < -0.39 is 15.7 Å². The van der Waals surface area contributed by atoms with Crippen molar-refractivity contribution in [3.8, 4) is 5.75 Å². The lowest BCUT2D eigenvalue weighted by molar-refractivity contribution is -0.115. The van der Waals surface area contributed by atoms with Crippen molar-refractivity contribution in [1.82, 2.24) is 0 Å². The Hall–Kier alpha value is -2.05. The minimum atomic E-state index is -3.50. The van der Waals surface area contributed by atoms with Gasteiger partial charge in [-0.25, -0.2) is 8.42 Å². The van der Waals surface area contributed by atoms with Gasteiger partial charge in [0.15, 0.2) is 9.84 Å². The highest BCUT2D eigenvalue weighted by Crippen LogP contribution is 2.27. The van der Waals surface area contributed by atoms with Crippen LogP contribution in [-0.2, 0) is 27.5 Å². The van der Waals surface area contributed by atoms with E-state index in [9.17, 15) is 13.2 Å². The van der Waals surface area contributed by atoms with Crippen LogP contribution in [0.15, 0.2) is 41.3 Å². The zero-order valence-corrected chi connectivity index (χ0v) is 16.0. The number of hydrogen-bond acceptors (Lipinski definition) is 4. The SMILES string of the molecule is COc1ccc(NC(=O)CCS(=O)(=O)c2ccc3c(c2)CCC3)c(Cl)c1. The summed E-state index contributed by atoms with van der Waals surface area (Å²) in [5.74, 6) is -0.0697. The maximum Gasteiger partial charge on any atom is 0.225 e. The normalized spacial score (nSPS) is 13.3. The Labute approximate surface area is 158 Å². The molecule has 0 unspecified atom stereocenters. The predicted molar refractivity (Wildman–Crippen MR) is 102 cm³/mol. The summed E-state index contributed by atoms with van der Waals surface area (Å²) in [4.78, 5) is 12.4. The number of amides is 1. The van der Waals surface area contributed by atoms with Gasteiger partial charge >= 0.3 is 0 Å². The molecule has 7 heteroatoms. The van der Waals surface area contributed by atoms with Crippen molar-refractivity contribution in [2.24, 2.45) is 0 Å². The molecule has 2 aromatic rings. The van der Waals surface area contributed by atoms with E-state index in [4.69, 9.17) is 16.3 Å². The molecule has 0 heterocycles. The summed E-state index contributed by atoms with van der Waals surface area (Å²) >= 11 is 6.08. The van der Waals surface area contributed by atoms with Crippen LogP contribution < -0.4 is 10.1 Å². The molecule has 0 fully saturated rings. The molecule has 1 aliphatic rings. The smallest absolute Gasteiger partial charge is 0.225 e. The van der Waals surface area contributed by atoms with Crippen molar-refractivity contribution in [2.75, 3.05) is 18.2 Å². The molecule has 0 saturated carbocycles. The van der Waals surface area contributed by atoms with E-state index in [0.717, 1.165) is 24.8 Å². The van der Waals surface area contributed by atoms with Crippen molar-refractivity contribution in [3.63, 3.8) is 0 Å². The van der Waals surface area contributed by atoms with E-state index >= 15 is 0 Å². The molecule has 0 spiro atoms. The van der Waals surface area contributed by atoms with E-state index in [0.29, 0.717) is 16.5 Å². The number of methoxy groups -OCH3 is 1. The predicted octanol–water partition coefficient (Wildman–Crippen LogP) is 3.64. The zero-order valence-electron chi connectivity index (χ0n) is 14.4. The van der Waals surface area contributed by atoms with Crippen LogP contribution >= 0.6 is 11.6 Å². The fourth-order valence-corrected chi connectivity index (χ4v) is 4.53. The fourth-order valence-electron chi connectivity index (χ4n) is 3.02. The summed E-state index contributed by atoms with van der Waals surface area (Å²) in [6.07, 6.45) is 2.83. The van der Waals surface area contributed by atoms with Crippen LogP contribution in [0.2, 0.25) is 5.02 Å². The Morgan fingerprint density at radius 3 is 2.65 bits per heavy atom. The van der Waals surface area contributed by atoms with Gasteiger partial charge < -0.3 is 10.1 Å². The number of carbonyl (C=O) groups excluding carboxylic acids is 1. The molecule has 3 rings (SSSR count). The lowest BCUT2D eigenvalue weighted by atomic mass is 10.1. The van der Waals surface area contributed by atoms with Crippen molar-refractivity contribution >= 4 is 33.0 Å². The van der Waals surface area contributed by atoms with Crippen LogP contribution in [0.25, 0.3) is 0 Å². The molecule has 26 heavy (non-hydrogen) atoms. The van der Waals surface area contributed by atoms with Gasteiger partial charge in [-0.1, -0.05) is 17.7 Å². The van der Waals surface area contributed by atoms with E-state index in [1.165, 1.54) is 12.7 Å². The summed E-state index contributed by atoms with van der Waals surface area (Å²) in [6, 6.07) is 10.1. The van der Waals surface area contributed by atoms with Gasteiger partial charge in [0.1, 0.15) is 5.75 Å². The highest BCUT2D eigenvalue weighted by molar-refractivity contribution is 7.91. The average Bonchev–Trinajstić information content (AvgIpc) is 3.09. The van der Waals surface area contributed by atoms with E-state index in [2.05, 4.69) is 5.32 Å². The van der Waals surface area contributed by atoms with Gasteiger partial charge in [0.2, 0.25) is 5.91 Å². The topological polar surface area (TPSA) is 72.5 Å². The van der Waals surface area contributed by atoms with Gasteiger partial charge in [-0.2, -0.15) is 0 Å². The highest BCUT2D eigenvalue weighted by Gasteiger charge is 2.20. The fraction of sp³-hybridized carbons (Fsp3) is 0.316. The lowest BCUT2D eigenvalue weighted by Crippen LogP contribution is -2.17. The first-order chi connectivity index (χ1) is 12.4. The van der Waals surface area contributed by atoms with E-state index in [1.807, 2.05) is 6.07 Å². The van der Waals surface area contributed by atoms with E-state index in [-0.39, 0.29) is 17.1 Å². The van der Waals surface area contributed by atoms with Crippen LogP contribution in [0.5, 0.6) is 5.75 Å². The second-order valence-corrected chi connectivity index (χ2v) is 8.76. The average molecular weight is 394 g/mol. The molecule has 0 aromatic heterocycles. The Morgan fingerprint density at radius 2 is 1.92 bits per heavy atom. The number of carbonyl (C=O) groups is 1. The quantitative estimate of drug-likeness (QED) is 0.813. The number of anilines is 1. The second kappa shape index (κ2) is 7.68. The molecule has 1 N–H and O–H groups in total. The van der Waals surface area contributed by atoms with Gasteiger partial charge in [0.25, 0.3) is 0 Å². The number of rotatable bonds is 6. The van der Waals surface area contributed by atoms with Gasteiger partial charge in [0.05, 0.1) is 28.5 Å². The van der Waals surface area contributed by atoms with Crippen molar-refractivity contribution in [3.05, 3.63) is 52.5 Å². The Kier molecular flexibility index (Phi) is 5.53. The first-order valence-corrected chi connectivity index (χ1v) is 10.4. The number of benzene rings is 2. The molecule has 0 aliphatic heterocycles. The number of halogens is 1. The van der Waals surface area contributed by atoms with Gasteiger partial charge in [-0.05, 0) is 54.7 Å². The monoisotopic (exact) mass is 393 g/mol. The van der Waals surface area contributed by atoms with Crippen LogP contribution in [0.4, 0.5) is 5.69 Å². The summed E-state index contributed by atoms with van der Waals surface area (Å²) in [5, 5.41) is 2.97. The molecule has 138 valence electrons. The number of aryl methyl sites for hydroxylation is 2. The molecule has 0 saturated heterocycles. The Morgan fingerprint density at radius 1 is 1.15 bits per heavy atom. The molecule has 1 amide bonds. The summed E-state index contributed by atoms with van der Waals surface area (Å²) in [7, 11) is -1.98. The number of sulfone groups is 1. The van der Waals surface area contributed by atoms with E-state index in [1.54, 1.807) is 30.3 Å². The third-order valence-electron chi connectivity index (χ3n) is 4.48. The maximum atomic E-state index is 12.5. The van der Waals surface area contributed by atoms with Crippen LogP contribution in [0.3, 0.4) is 0 Å². The van der Waals surface area contributed by atoms with Crippen molar-refractivity contribution in [1.29, 1.82) is 0 Å². The van der Waals surface area contributed by atoms with Gasteiger partial charge in [-0.15, -0.1) is 0 Å². The molecule has 0 radical (unpaired) electrons. The summed E-state index contributed by atoms with van der Waals surface area (Å²) in [5.41, 5.74) is 2.74. The molecule has 0 bridgehead atoms. The van der Waals surface area contributed by atoms with Crippen LogP contribution in [0, 0.1) is 0 Å². The van der Waals surface area contributed by atoms with Crippen molar-refractivity contribution in [2.45, 2.75) is 30.6 Å². The van der Waals surface area contributed by atoms with Crippen LogP contribution in [-0.4, -0.2) is 27.2 Å². The third-order valence-corrected chi connectivity index (χ3v) is 6.50. The lowest BCUT2D eigenvalue weighted by Gasteiger charge is -2.10. The number of fused-ring (bicyclic) bond motifs is 1. The molecule has 5 nitrogen and oxygen atoms in total. The maximum absolute atomic E-state index is 12.5.